The van der Waals surface area contributed by atoms with Gasteiger partial charge in [-0.15, -0.1) is 4.98 Å². The fourth-order valence-corrected chi connectivity index (χ4v) is 2.63. The predicted octanol–water partition coefficient (Wildman–Crippen LogP) is 2.78. The van der Waals surface area contributed by atoms with Crippen molar-refractivity contribution in [3.63, 3.8) is 0 Å². The van der Waals surface area contributed by atoms with Crippen molar-refractivity contribution in [3.05, 3.63) is 60.7 Å². The average Bonchev–Trinajstić information content (AvgIpc) is 2.67. The molecule has 0 aliphatic carbocycles. The van der Waals surface area contributed by atoms with Crippen molar-refractivity contribution >= 4 is 16.1 Å². The van der Waals surface area contributed by atoms with Crippen molar-refractivity contribution in [2.45, 2.75) is 0 Å². The first-order valence-corrected chi connectivity index (χ1v) is 9.88. The highest BCUT2D eigenvalue weighted by atomic mass is 32.2. The van der Waals surface area contributed by atoms with Gasteiger partial charge in [0.2, 0.25) is 5.95 Å². The van der Waals surface area contributed by atoms with Crippen molar-refractivity contribution in [1.29, 1.82) is 0 Å². The zero-order valence-electron chi connectivity index (χ0n) is 15.0. The lowest BCUT2D eigenvalue weighted by Gasteiger charge is -2.17. The van der Waals surface area contributed by atoms with E-state index >= 15 is 0 Å². The molecular weight excluding hydrogens is 384 g/mol. The summed E-state index contributed by atoms with van der Waals surface area (Å²) in [5.74, 6) is 0.700. The van der Waals surface area contributed by atoms with E-state index in [9.17, 15) is 8.42 Å². The summed E-state index contributed by atoms with van der Waals surface area (Å²) in [4.78, 5) is 14.0. The number of para-hydroxylation sites is 2. The maximum atomic E-state index is 11.0. The third kappa shape index (κ3) is 5.89. The molecule has 0 fully saturated rings. The van der Waals surface area contributed by atoms with Crippen LogP contribution in [0.4, 0.5) is 5.95 Å². The number of nitrogens with zero attached hydrogens (tertiary/aromatic N) is 4. The molecule has 0 radical (unpaired) electrons. The zero-order valence-corrected chi connectivity index (χ0v) is 15.8. The molecule has 10 heteroatoms. The summed E-state index contributed by atoms with van der Waals surface area (Å²) < 4.78 is 42.3. The van der Waals surface area contributed by atoms with Crippen LogP contribution in [0.3, 0.4) is 0 Å². The van der Waals surface area contributed by atoms with Crippen LogP contribution in [0.1, 0.15) is 0 Å². The van der Waals surface area contributed by atoms with Crippen LogP contribution < -0.4 is 14.4 Å². The summed E-state index contributed by atoms with van der Waals surface area (Å²) in [5.41, 5.74) is 0. The third-order valence-electron chi connectivity index (χ3n) is 3.51. The molecule has 28 heavy (non-hydrogen) atoms. The topological polar surface area (TPSA) is 115 Å². The second kappa shape index (κ2) is 8.63. The van der Waals surface area contributed by atoms with Gasteiger partial charge in [0.1, 0.15) is 11.5 Å². The van der Waals surface area contributed by atoms with Gasteiger partial charge in [-0.25, -0.2) is 0 Å². The Kier molecular flexibility index (Phi) is 6.02. The van der Waals surface area contributed by atoms with Crippen molar-refractivity contribution in [1.82, 2.24) is 15.0 Å². The molecule has 9 nitrogen and oxygen atoms in total. The summed E-state index contributed by atoms with van der Waals surface area (Å²) >= 11 is 0. The van der Waals surface area contributed by atoms with Gasteiger partial charge < -0.3 is 14.4 Å². The number of benzene rings is 2. The molecule has 3 aromatic rings. The monoisotopic (exact) mass is 402 g/mol. The fourth-order valence-electron chi connectivity index (χ4n) is 2.13. The normalized spacial score (nSPS) is 11.1. The zero-order chi connectivity index (χ0) is 20.0. The van der Waals surface area contributed by atoms with E-state index in [1.165, 1.54) is 4.90 Å². The lowest BCUT2D eigenvalue weighted by atomic mass is 10.3. The van der Waals surface area contributed by atoms with Crippen molar-refractivity contribution < 1.29 is 22.4 Å². The van der Waals surface area contributed by atoms with Crippen LogP contribution in [0.5, 0.6) is 23.5 Å². The Morgan fingerprint density at radius 2 is 1.32 bits per heavy atom. The van der Waals surface area contributed by atoms with Crippen LogP contribution in [-0.2, 0) is 10.1 Å². The standard InChI is InChI=1S/C18H18N4O5S/c1-22(12-13-28(23,24)25)16-19-17(26-14-8-4-2-5-9-14)21-18(20-16)27-15-10-6-3-7-11-15/h2-11H,12-13H2,1H3,(H,23,24,25). The lowest BCUT2D eigenvalue weighted by molar-refractivity contribution is 0.397. The molecule has 0 amide bonds. The Morgan fingerprint density at radius 3 is 1.75 bits per heavy atom. The van der Waals surface area contributed by atoms with E-state index in [0.717, 1.165) is 0 Å². The van der Waals surface area contributed by atoms with Gasteiger partial charge >= 0.3 is 12.0 Å². The fraction of sp³-hybridized carbons (Fsp3) is 0.167. The van der Waals surface area contributed by atoms with Gasteiger partial charge in [-0.1, -0.05) is 36.4 Å². The van der Waals surface area contributed by atoms with E-state index in [-0.39, 0.29) is 24.5 Å². The highest BCUT2D eigenvalue weighted by molar-refractivity contribution is 7.85. The van der Waals surface area contributed by atoms with Gasteiger partial charge in [0, 0.05) is 13.6 Å². The van der Waals surface area contributed by atoms with Crippen LogP contribution in [0, 0.1) is 0 Å². The number of rotatable bonds is 8. The van der Waals surface area contributed by atoms with Gasteiger partial charge in [-0.2, -0.15) is 18.4 Å². The second-order valence-electron chi connectivity index (χ2n) is 5.74. The maximum Gasteiger partial charge on any atom is 0.330 e. The van der Waals surface area contributed by atoms with Crippen LogP contribution in [0.15, 0.2) is 60.7 Å². The summed E-state index contributed by atoms with van der Waals surface area (Å²) in [6, 6.07) is 17.8. The Morgan fingerprint density at radius 1 is 0.857 bits per heavy atom. The Hall–Kier alpha value is -3.24. The van der Waals surface area contributed by atoms with E-state index in [1.54, 1.807) is 55.6 Å². The summed E-state index contributed by atoms with van der Waals surface area (Å²) in [6.07, 6.45) is 0. The summed E-state index contributed by atoms with van der Waals surface area (Å²) in [6.45, 7) is -0.0294. The minimum Gasteiger partial charge on any atom is -0.424 e. The summed E-state index contributed by atoms with van der Waals surface area (Å²) in [7, 11) is -2.54. The van der Waals surface area contributed by atoms with Crippen LogP contribution >= 0.6 is 0 Å². The first kappa shape index (κ1) is 19.5. The summed E-state index contributed by atoms with van der Waals surface area (Å²) in [5, 5.41) is 0. The number of ether oxygens (including phenoxy) is 2. The number of hydrogen-bond donors (Lipinski definition) is 1. The van der Waals surface area contributed by atoms with Gasteiger partial charge in [0.25, 0.3) is 10.1 Å². The molecule has 1 heterocycles. The molecule has 0 saturated carbocycles. The molecular formula is C18H18N4O5S. The highest BCUT2D eigenvalue weighted by Gasteiger charge is 2.15. The SMILES string of the molecule is CN(CCS(=O)(=O)O)c1nc(Oc2ccccc2)nc(Oc2ccccc2)n1. The number of hydrogen-bond acceptors (Lipinski definition) is 8. The Bertz CT molecular complexity index is 957. The molecule has 0 saturated heterocycles. The largest absolute Gasteiger partial charge is 0.424 e. The van der Waals surface area contributed by atoms with Crippen LogP contribution in [-0.4, -0.2) is 47.3 Å². The predicted molar refractivity (Wildman–Crippen MR) is 103 cm³/mol. The van der Waals surface area contributed by atoms with E-state index in [1.807, 2.05) is 12.1 Å². The van der Waals surface area contributed by atoms with Crippen LogP contribution in [0.2, 0.25) is 0 Å². The lowest BCUT2D eigenvalue weighted by Crippen LogP contribution is -2.27. The molecule has 0 unspecified atom stereocenters. The average molecular weight is 402 g/mol. The Labute approximate surface area is 162 Å². The second-order valence-corrected chi connectivity index (χ2v) is 7.31. The molecule has 0 aliphatic heterocycles. The number of anilines is 1. The van der Waals surface area contributed by atoms with Crippen LogP contribution in [0.25, 0.3) is 0 Å². The molecule has 0 atom stereocenters. The van der Waals surface area contributed by atoms with Crippen molar-refractivity contribution in [3.8, 4) is 23.5 Å². The molecule has 0 bridgehead atoms. The van der Waals surface area contributed by atoms with E-state index in [0.29, 0.717) is 11.5 Å². The molecule has 146 valence electrons. The molecule has 2 aromatic carbocycles. The van der Waals surface area contributed by atoms with Crippen molar-refractivity contribution in [2.24, 2.45) is 0 Å². The first-order chi connectivity index (χ1) is 13.4. The quantitative estimate of drug-likeness (QED) is 0.568. The first-order valence-electron chi connectivity index (χ1n) is 8.27. The smallest absolute Gasteiger partial charge is 0.330 e. The van der Waals surface area contributed by atoms with E-state index in [4.69, 9.17) is 14.0 Å². The van der Waals surface area contributed by atoms with Gasteiger partial charge in [0.15, 0.2) is 0 Å². The molecule has 3 rings (SSSR count). The number of aromatic nitrogens is 3. The van der Waals surface area contributed by atoms with Gasteiger partial charge in [0.05, 0.1) is 5.75 Å². The van der Waals surface area contributed by atoms with Gasteiger partial charge in [-0.3, -0.25) is 4.55 Å². The maximum absolute atomic E-state index is 11.0. The molecule has 0 spiro atoms. The van der Waals surface area contributed by atoms with Crippen molar-refractivity contribution in [2.75, 3.05) is 24.2 Å². The molecule has 1 N–H and O–H groups in total. The Balaban J connectivity index is 1.88. The van der Waals surface area contributed by atoms with E-state index < -0.39 is 15.9 Å². The minimum absolute atomic E-state index is 0.0131. The van der Waals surface area contributed by atoms with E-state index in [2.05, 4.69) is 15.0 Å². The molecule has 0 aliphatic rings. The molecule has 1 aromatic heterocycles. The minimum atomic E-state index is -4.12. The third-order valence-corrected chi connectivity index (χ3v) is 4.21. The van der Waals surface area contributed by atoms with Gasteiger partial charge in [-0.05, 0) is 24.3 Å². The highest BCUT2D eigenvalue weighted by Crippen LogP contribution is 2.24.